The van der Waals surface area contributed by atoms with Gasteiger partial charge < -0.3 is 24.1 Å². The molecule has 2 heterocycles. The molecule has 1 N–H and O–H groups in total. The molecule has 2 aromatic heterocycles. The molecule has 7 nitrogen and oxygen atoms in total. The van der Waals surface area contributed by atoms with E-state index in [4.69, 9.17) is 14.2 Å². The minimum atomic E-state index is -0.773. The number of nitrogens with zero attached hydrogens (tertiary/aromatic N) is 2. The van der Waals surface area contributed by atoms with Crippen LogP contribution in [0.3, 0.4) is 0 Å². The number of ether oxygens (including phenoxy) is 3. The maximum absolute atomic E-state index is 11.8. The van der Waals surface area contributed by atoms with Crippen LogP contribution in [0.4, 0.5) is 4.79 Å². The van der Waals surface area contributed by atoms with Gasteiger partial charge in [0.05, 0.1) is 30.5 Å². The van der Waals surface area contributed by atoms with E-state index < -0.39 is 6.16 Å². The lowest BCUT2D eigenvalue weighted by molar-refractivity contribution is 0.101. The molecule has 3 rings (SSSR count). The van der Waals surface area contributed by atoms with Crippen LogP contribution in [-0.2, 0) is 22.6 Å². The molecule has 3 aromatic rings. The first-order chi connectivity index (χ1) is 12.5. The first-order valence-electron chi connectivity index (χ1n) is 8.44. The average molecular weight is 357 g/mol. The number of aromatic amines is 1. The van der Waals surface area contributed by atoms with Crippen LogP contribution < -0.4 is 4.74 Å². The Bertz CT molecular complexity index is 933. The van der Waals surface area contributed by atoms with Crippen molar-refractivity contribution in [1.82, 2.24) is 14.9 Å². The van der Waals surface area contributed by atoms with E-state index in [9.17, 15) is 4.79 Å². The van der Waals surface area contributed by atoms with Crippen molar-refractivity contribution in [2.24, 2.45) is 0 Å². The Morgan fingerprint density at radius 2 is 2.04 bits per heavy atom. The lowest BCUT2D eigenvalue weighted by Gasteiger charge is -2.13. The Hall–Kier alpha value is -2.64. The molecule has 0 aliphatic rings. The van der Waals surface area contributed by atoms with E-state index in [0.717, 1.165) is 33.9 Å². The SMILES string of the molecule is CCOC(=O)Oc1ncc2[nH]c3cccc(CN(C)C)c3c2c1COC. The van der Waals surface area contributed by atoms with Crippen molar-refractivity contribution < 1.29 is 19.0 Å². The molecule has 0 saturated carbocycles. The third-order valence-corrected chi connectivity index (χ3v) is 4.03. The van der Waals surface area contributed by atoms with E-state index in [1.165, 1.54) is 5.56 Å². The van der Waals surface area contributed by atoms with Crippen LogP contribution in [0.2, 0.25) is 0 Å². The number of H-pyrrole nitrogens is 1. The highest BCUT2D eigenvalue weighted by Gasteiger charge is 2.20. The van der Waals surface area contributed by atoms with Crippen LogP contribution in [0, 0.1) is 0 Å². The summed E-state index contributed by atoms with van der Waals surface area (Å²) in [5.41, 5.74) is 3.76. The summed E-state index contributed by atoms with van der Waals surface area (Å²) in [6.07, 6.45) is 0.896. The van der Waals surface area contributed by atoms with Gasteiger partial charge in [-0.3, -0.25) is 0 Å². The summed E-state index contributed by atoms with van der Waals surface area (Å²) in [6.45, 7) is 3.01. The molecule has 26 heavy (non-hydrogen) atoms. The van der Waals surface area contributed by atoms with Crippen LogP contribution in [0.1, 0.15) is 18.1 Å². The van der Waals surface area contributed by atoms with Crippen LogP contribution in [-0.4, -0.2) is 48.8 Å². The second kappa shape index (κ2) is 7.72. The number of methoxy groups -OCH3 is 1. The predicted octanol–water partition coefficient (Wildman–Crippen LogP) is 3.46. The van der Waals surface area contributed by atoms with Crippen molar-refractivity contribution in [1.29, 1.82) is 0 Å². The van der Waals surface area contributed by atoms with Gasteiger partial charge in [0, 0.05) is 29.9 Å². The van der Waals surface area contributed by atoms with Gasteiger partial charge in [0.1, 0.15) is 0 Å². The molecule has 0 aliphatic carbocycles. The summed E-state index contributed by atoms with van der Waals surface area (Å²) in [4.78, 5) is 21.6. The number of hydrogen-bond donors (Lipinski definition) is 1. The zero-order valence-corrected chi connectivity index (χ0v) is 15.5. The van der Waals surface area contributed by atoms with E-state index >= 15 is 0 Å². The summed E-state index contributed by atoms with van der Waals surface area (Å²) in [6, 6.07) is 6.14. The number of aromatic nitrogens is 2. The predicted molar refractivity (Wildman–Crippen MR) is 99.4 cm³/mol. The largest absolute Gasteiger partial charge is 0.515 e. The molecule has 0 radical (unpaired) electrons. The highest BCUT2D eigenvalue weighted by molar-refractivity contribution is 6.11. The minimum Gasteiger partial charge on any atom is -0.434 e. The minimum absolute atomic E-state index is 0.207. The van der Waals surface area contributed by atoms with Gasteiger partial charge in [-0.2, -0.15) is 0 Å². The van der Waals surface area contributed by atoms with Crippen LogP contribution in [0.25, 0.3) is 21.8 Å². The number of rotatable bonds is 6. The fraction of sp³-hybridized carbons (Fsp3) is 0.368. The molecule has 7 heteroatoms. The van der Waals surface area contributed by atoms with Crippen molar-refractivity contribution >= 4 is 28.0 Å². The Morgan fingerprint density at radius 3 is 2.73 bits per heavy atom. The molecule has 0 fully saturated rings. The van der Waals surface area contributed by atoms with E-state index in [0.29, 0.717) is 0 Å². The smallest absolute Gasteiger partial charge is 0.434 e. The number of benzene rings is 1. The van der Waals surface area contributed by atoms with Crippen LogP contribution in [0.5, 0.6) is 5.88 Å². The Morgan fingerprint density at radius 1 is 1.23 bits per heavy atom. The highest BCUT2D eigenvalue weighted by atomic mass is 16.7. The van der Waals surface area contributed by atoms with Gasteiger partial charge in [-0.1, -0.05) is 12.1 Å². The van der Waals surface area contributed by atoms with Crippen molar-refractivity contribution in [3.05, 3.63) is 35.5 Å². The molecule has 1 aromatic carbocycles. The van der Waals surface area contributed by atoms with Crippen molar-refractivity contribution in [3.8, 4) is 5.88 Å². The number of hydrogen-bond acceptors (Lipinski definition) is 6. The zero-order valence-electron chi connectivity index (χ0n) is 15.5. The van der Waals surface area contributed by atoms with Crippen molar-refractivity contribution in [3.63, 3.8) is 0 Å². The van der Waals surface area contributed by atoms with E-state index in [1.54, 1.807) is 20.2 Å². The molecule has 0 spiro atoms. The standard InChI is InChI=1S/C19H23N3O4/c1-5-25-19(23)26-18-13(11-24-4)17-15(9-20-18)21-14-8-6-7-12(16(14)17)10-22(2)3/h6-9,21H,5,10-11H2,1-4H3. The van der Waals surface area contributed by atoms with E-state index in [2.05, 4.69) is 20.9 Å². The van der Waals surface area contributed by atoms with Gasteiger partial charge in [0.15, 0.2) is 0 Å². The number of carbonyl (C=O) groups excluding carboxylic acids is 1. The monoisotopic (exact) mass is 357 g/mol. The number of fused-ring (bicyclic) bond motifs is 3. The maximum Gasteiger partial charge on any atom is 0.515 e. The highest BCUT2D eigenvalue weighted by Crippen LogP contribution is 2.35. The molecule has 0 saturated heterocycles. The van der Waals surface area contributed by atoms with Crippen LogP contribution >= 0.6 is 0 Å². The van der Waals surface area contributed by atoms with Crippen molar-refractivity contribution in [2.75, 3.05) is 27.8 Å². The lowest BCUT2D eigenvalue weighted by atomic mass is 10.0. The first kappa shape index (κ1) is 18.2. The summed E-state index contributed by atoms with van der Waals surface area (Å²) in [5, 5.41) is 2.04. The molecule has 0 atom stereocenters. The summed E-state index contributed by atoms with van der Waals surface area (Å²) in [7, 11) is 5.66. The van der Waals surface area contributed by atoms with Gasteiger partial charge in [-0.05, 0) is 32.6 Å². The van der Waals surface area contributed by atoms with Gasteiger partial charge in [-0.25, -0.2) is 9.78 Å². The normalized spacial score (nSPS) is 11.4. The molecule has 0 unspecified atom stereocenters. The molecule has 0 bridgehead atoms. The second-order valence-corrected chi connectivity index (χ2v) is 6.25. The van der Waals surface area contributed by atoms with Gasteiger partial charge >= 0.3 is 6.16 Å². The Balaban J connectivity index is 2.24. The fourth-order valence-corrected chi connectivity index (χ4v) is 3.12. The quantitative estimate of drug-likeness (QED) is 0.681. The third kappa shape index (κ3) is 3.49. The van der Waals surface area contributed by atoms with Gasteiger partial charge in [-0.15, -0.1) is 0 Å². The molecule has 138 valence electrons. The maximum atomic E-state index is 11.8. The van der Waals surface area contributed by atoms with E-state index in [1.807, 2.05) is 26.2 Å². The Kier molecular flexibility index (Phi) is 5.39. The second-order valence-electron chi connectivity index (χ2n) is 6.25. The lowest BCUT2D eigenvalue weighted by Crippen LogP contribution is -2.13. The molecular formula is C19H23N3O4. The number of nitrogens with one attached hydrogen (secondary N) is 1. The van der Waals surface area contributed by atoms with Gasteiger partial charge in [0.25, 0.3) is 0 Å². The molecule has 0 amide bonds. The average Bonchev–Trinajstić information content (AvgIpc) is 2.96. The first-order valence-corrected chi connectivity index (χ1v) is 8.44. The van der Waals surface area contributed by atoms with Gasteiger partial charge in [0.2, 0.25) is 5.88 Å². The summed E-state index contributed by atoms with van der Waals surface area (Å²) < 4.78 is 15.6. The van der Waals surface area contributed by atoms with E-state index in [-0.39, 0.29) is 19.1 Å². The summed E-state index contributed by atoms with van der Waals surface area (Å²) in [5.74, 6) is 0.207. The third-order valence-electron chi connectivity index (χ3n) is 4.03. The van der Waals surface area contributed by atoms with Crippen LogP contribution in [0.15, 0.2) is 24.4 Å². The Labute approximate surface area is 151 Å². The number of pyridine rings is 1. The molecule has 0 aliphatic heterocycles. The summed E-state index contributed by atoms with van der Waals surface area (Å²) >= 11 is 0. The number of carbonyl (C=O) groups is 1. The van der Waals surface area contributed by atoms with Crippen molar-refractivity contribution in [2.45, 2.75) is 20.1 Å². The molecular weight excluding hydrogens is 334 g/mol. The zero-order chi connectivity index (χ0) is 18.7. The topological polar surface area (TPSA) is 76.7 Å². The fourth-order valence-electron chi connectivity index (χ4n) is 3.12.